The van der Waals surface area contributed by atoms with Gasteiger partial charge in [-0.3, -0.25) is 4.79 Å². The van der Waals surface area contributed by atoms with E-state index in [0.717, 1.165) is 10.6 Å². The molecule has 140 valence electrons. The fourth-order valence-electron chi connectivity index (χ4n) is 3.15. The Morgan fingerprint density at radius 2 is 1.93 bits per heavy atom. The molecule has 1 fully saturated rings. The molecule has 9 heteroatoms. The summed E-state index contributed by atoms with van der Waals surface area (Å²) < 4.78 is 25.3. The normalized spacial score (nSPS) is 19.6. The molecular weight excluding hydrogens is 384 g/mol. The van der Waals surface area contributed by atoms with Crippen LogP contribution in [0.2, 0.25) is 0 Å². The standard InChI is InChI=1S/C18H18N4O3S2/c23-18(15-13-19-22(20-15)14-5-2-1-3-6-14)21-9-8-17(16-7-4-11-26-16)27(24,25)12-10-21/h1-7,11,13,17H,8-10,12H2. The molecule has 1 aliphatic heterocycles. The Morgan fingerprint density at radius 1 is 1.11 bits per heavy atom. The van der Waals surface area contributed by atoms with Gasteiger partial charge in [0.2, 0.25) is 0 Å². The highest BCUT2D eigenvalue weighted by Crippen LogP contribution is 2.32. The Labute approximate surface area is 161 Å². The molecule has 2 aromatic heterocycles. The van der Waals surface area contributed by atoms with Gasteiger partial charge in [-0.25, -0.2) is 8.42 Å². The van der Waals surface area contributed by atoms with Crippen molar-refractivity contribution in [3.63, 3.8) is 0 Å². The third kappa shape index (κ3) is 3.65. The molecule has 0 radical (unpaired) electrons. The smallest absolute Gasteiger partial charge is 0.276 e. The highest BCUT2D eigenvalue weighted by Gasteiger charge is 2.34. The molecular formula is C18H18N4O3S2. The third-order valence-electron chi connectivity index (χ3n) is 4.59. The zero-order valence-electron chi connectivity index (χ0n) is 14.4. The van der Waals surface area contributed by atoms with E-state index in [1.54, 1.807) is 4.90 Å². The number of rotatable bonds is 3. The Morgan fingerprint density at radius 3 is 2.67 bits per heavy atom. The molecule has 1 unspecified atom stereocenters. The Hall–Kier alpha value is -2.52. The molecule has 4 rings (SSSR count). The predicted octanol–water partition coefficient (Wildman–Crippen LogP) is 2.33. The van der Waals surface area contributed by atoms with Crippen molar-refractivity contribution in [3.8, 4) is 5.69 Å². The van der Waals surface area contributed by atoms with Gasteiger partial charge in [0, 0.05) is 18.0 Å². The van der Waals surface area contributed by atoms with E-state index >= 15 is 0 Å². The van der Waals surface area contributed by atoms with Crippen LogP contribution in [0.25, 0.3) is 5.69 Å². The van der Waals surface area contributed by atoms with E-state index < -0.39 is 15.1 Å². The van der Waals surface area contributed by atoms with Gasteiger partial charge in [-0.1, -0.05) is 24.3 Å². The number of hydrogen-bond donors (Lipinski definition) is 0. The first-order chi connectivity index (χ1) is 13.0. The topological polar surface area (TPSA) is 85.2 Å². The molecule has 0 saturated carbocycles. The van der Waals surface area contributed by atoms with E-state index in [2.05, 4.69) is 10.2 Å². The van der Waals surface area contributed by atoms with Crippen LogP contribution in [0.3, 0.4) is 0 Å². The summed E-state index contributed by atoms with van der Waals surface area (Å²) in [4.78, 5) is 16.6. The fraction of sp³-hybridized carbons (Fsp3) is 0.278. The molecule has 0 N–H and O–H groups in total. The minimum atomic E-state index is -3.29. The van der Waals surface area contributed by atoms with E-state index in [4.69, 9.17) is 0 Å². The zero-order valence-corrected chi connectivity index (χ0v) is 16.1. The number of hydrogen-bond acceptors (Lipinski definition) is 6. The average Bonchev–Trinajstić information content (AvgIpc) is 3.34. The van der Waals surface area contributed by atoms with E-state index in [9.17, 15) is 13.2 Å². The summed E-state index contributed by atoms with van der Waals surface area (Å²) in [6.45, 7) is 0.542. The number of sulfone groups is 1. The highest BCUT2D eigenvalue weighted by molar-refractivity contribution is 7.91. The van der Waals surface area contributed by atoms with Gasteiger partial charge in [0.05, 0.1) is 22.9 Å². The molecule has 3 aromatic rings. The van der Waals surface area contributed by atoms with E-state index in [-0.39, 0.29) is 23.9 Å². The maximum absolute atomic E-state index is 12.8. The number of carbonyl (C=O) groups is 1. The number of benzene rings is 1. The summed E-state index contributed by atoms with van der Waals surface area (Å²) >= 11 is 1.44. The van der Waals surface area contributed by atoms with Gasteiger partial charge in [-0.15, -0.1) is 16.4 Å². The second-order valence-corrected chi connectivity index (χ2v) is 9.59. The van der Waals surface area contributed by atoms with Crippen molar-refractivity contribution in [2.45, 2.75) is 11.7 Å². The Balaban J connectivity index is 1.53. The maximum atomic E-state index is 12.8. The van der Waals surface area contributed by atoms with Crippen molar-refractivity contribution in [1.82, 2.24) is 19.9 Å². The van der Waals surface area contributed by atoms with Gasteiger partial charge < -0.3 is 4.90 Å². The van der Waals surface area contributed by atoms with Crippen molar-refractivity contribution in [1.29, 1.82) is 0 Å². The van der Waals surface area contributed by atoms with Gasteiger partial charge >= 0.3 is 0 Å². The monoisotopic (exact) mass is 402 g/mol. The van der Waals surface area contributed by atoms with Crippen LogP contribution >= 0.6 is 11.3 Å². The first-order valence-corrected chi connectivity index (χ1v) is 11.2. The molecule has 1 atom stereocenters. The van der Waals surface area contributed by atoms with Crippen LogP contribution in [0.15, 0.2) is 54.0 Å². The van der Waals surface area contributed by atoms with Crippen LogP contribution in [0.5, 0.6) is 0 Å². The van der Waals surface area contributed by atoms with Crippen LogP contribution in [0.4, 0.5) is 0 Å². The zero-order chi connectivity index (χ0) is 18.9. The van der Waals surface area contributed by atoms with Crippen LogP contribution in [-0.2, 0) is 9.84 Å². The molecule has 3 heterocycles. The molecule has 0 spiro atoms. The average molecular weight is 403 g/mol. The summed E-state index contributed by atoms with van der Waals surface area (Å²) in [6, 6.07) is 13.0. The largest absolute Gasteiger partial charge is 0.336 e. The number of thiophene rings is 1. The number of aromatic nitrogens is 3. The Bertz CT molecular complexity index is 1030. The van der Waals surface area contributed by atoms with Crippen molar-refractivity contribution >= 4 is 27.1 Å². The van der Waals surface area contributed by atoms with Crippen molar-refractivity contribution in [2.24, 2.45) is 0 Å². The number of carbonyl (C=O) groups excluding carboxylic acids is 1. The number of amides is 1. The van der Waals surface area contributed by atoms with Crippen LogP contribution in [0, 0.1) is 0 Å². The second-order valence-electron chi connectivity index (χ2n) is 6.31. The molecule has 7 nitrogen and oxygen atoms in total. The molecule has 1 aromatic carbocycles. The summed E-state index contributed by atoms with van der Waals surface area (Å²) in [5.41, 5.74) is 0.971. The highest BCUT2D eigenvalue weighted by atomic mass is 32.2. The second kappa shape index (κ2) is 7.24. The SMILES string of the molecule is O=C(c1cnn(-c2ccccc2)n1)N1CCC(c2cccs2)S(=O)(=O)CC1. The quantitative estimate of drug-likeness (QED) is 0.671. The van der Waals surface area contributed by atoms with Crippen molar-refractivity contribution < 1.29 is 13.2 Å². The predicted molar refractivity (Wildman–Crippen MR) is 103 cm³/mol. The van der Waals surface area contributed by atoms with Gasteiger partial charge in [0.15, 0.2) is 15.5 Å². The lowest BCUT2D eigenvalue weighted by atomic mass is 10.2. The lowest BCUT2D eigenvalue weighted by Crippen LogP contribution is -2.34. The van der Waals surface area contributed by atoms with Gasteiger partial charge in [-0.05, 0) is 30.0 Å². The summed E-state index contributed by atoms with van der Waals surface area (Å²) in [7, 11) is -3.29. The number of nitrogens with zero attached hydrogens (tertiary/aromatic N) is 4. The van der Waals surface area contributed by atoms with Crippen LogP contribution < -0.4 is 0 Å². The van der Waals surface area contributed by atoms with Gasteiger partial charge in [0.25, 0.3) is 5.91 Å². The minimum absolute atomic E-state index is 0.0475. The first kappa shape index (κ1) is 17.9. The molecule has 1 saturated heterocycles. The first-order valence-electron chi connectivity index (χ1n) is 8.56. The Kier molecular flexibility index (Phi) is 4.79. The number of para-hydroxylation sites is 1. The molecule has 0 aliphatic carbocycles. The van der Waals surface area contributed by atoms with Gasteiger partial charge in [0.1, 0.15) is 0 Å². The fourth-order valence-corrected chi connectivity index (χ4v) is 6.15. The van der Waals surface area contributed by atoms with E-state index in [1.165, 1.54) is 22.3 Å². The molecule has 27 heavy (non-hydrogen) atoms. The molecule has 0 bridgehead atoms. The molecule has 1 amide bonds. The van der Waals surface area contributed by atoms with E-state index in [0.29, 0.717) is 13.0 Å². The lowest BCUT2D eigenvalue weighted by Gasteiger charge is -2.18. The lowest BCUT2D eigenvalue weighted by molar-refractivity contribution is 0.0760. The van der Waals surface area contributed by atoms with Crippen molar-refractivity contribution in [2.75, 3.05) is 18.8 Å². The van der Waals surface area contributed by atoms with E-state index in [1.807, 2.05) is 47.8 Å². The minimum Gasteiger partial charge on any atom is -0.336 e. The summed E-state index contributed by atoms with van der Waals surface area (Å²) in [6.07, 6.45) is 1.81. The van der Waals surface area contributed by atoms with Crippen molar-refractivity contribution in [3.05, 3.63) is 64.6 Å². The van der Waals surface area contributed by atoms with Gasteiger partial charge in [-0.2, -0.15) is 9.90 Å². The summed E-state index contributed by atoms with van der Waals surface area (Å²) in [5.74, 6) is -0.340. The van der Waals surface area contributed by atoms with Crippen LogP contribution in [0.1, 0.15) is 27.0 Å². The van der Waals surface area contributed by atoms with Crippen LogP contribution in [-0.4, -0.2) is 53.1 Å². The third-order valence-corrected chi connectivity index (χ3v) is 7.83. The maximum Gasteiger partial charge on any atom is 0.276 e. The summed E-state index contributed by atoms with van der Waals surface area (Å²) in [5, 5.41) is 9.74. The molecule has 1 aliphatic rings.